The van der Waals surface area contributed by atoms with Crippen molar-refractivity contribution >= 4 is 11.7 Å². The lowest BCUT2D eigenvalue weighted by molar-refractivity contribution is 0.0944. The Morgan fingerprint density at radius 2 is 1.54 bits per heavy atom. The van der Waals surface area contributed by atoms with E-state index in [9.17, 15) is 9.59 Å². The molecule has 0 spiro atoms. The summed E-state index contributed by atoms with van der Waals surface area (Å²) in [5.74, 6) is -0.291. The minimum atomic E-state index is -0.252. The van der Waals surface area contributed by atoms with E-state index in [0.29, 0.717) is 16.7 Å². The minimum Gasteiger partial charge on any atom is -0.395 e. The second-order valence-electron chi connectivity index (χ2n) is 5.41. The number of fused-ring (bicyclic) bond motifs is 1. The number of carbonyl (C=O) groups excluding carboxylic acids is 2. The number of rotatable bonds is 5. The van der Waals surface area contributed by atoms with Crippen molar-refractivity contribution < 1.29 is 14.7 Å². The van der Waals surface area contributed by atoms with Gasteiger partial charge in [0.15, 0.2) is 5.78 Å². The summed E-state index contributed by atoms with van der Waals surface area (Å²) in [4.78, 5) is 24.7. The number of aliphatic hydroxyl groups is 1. The Labute approximate surface area is 140 Å². The molecule has 4 heteroatoms. The molecule has 0 saturated heterocycles. The standard InChI is InChI=1S/C20H17NO3/c22-13-12-21-20(24)16-7-6-14-8-11-18(17(14)10-9-16)19(23)15-4-2-1-3-5-15/h1-11,22H,12-13H2,(H,21,24). The number of benzene rings is 1. The Morgan fingerprint density at radius 3 is 2.29 bits per heavy atom. The zero-order valence-corrected chi connectivity index (χ0v) is 13.0. The van der Waals surface area contributed by atoms with Crippen LogP contribution in [0.25, 0.3) is 11.1 Å². The number of nitrogens with one attached hydrogen (secondary N) is 1. The molecule has 0 fully saturated rings. The van der Waals surface area contributed by atoms with Crippen LogP contribution in [0.2, 0.25) is 0 Å². The molecule has 0 aromatic heterocycles. The summed E-state index contributed by atoms with van der Waals surface area (Å²) in [5, 5.41) is 11.4. The lowest BCUT2D eigenvalue weighted by atomic mass is 10.0. The van der Waals surface area contributed by atoms with E-state index < -0.39 is 0 Å². The first kappa shape index (κ1) is 15.9. The highest BCUT2D eigenvalue weighted by Crippen LogP contribution is 2.29. The van der Waals surface area contributed by atoms with Crippen LogP contribution >= 0.6 is 0 Å². The summed E-state index contributed by atoms with van der Waals surface area (Å²) < 4.78 is 0. The first-order valence-corrected chi connectivity index (χ1v) is 7.72. The zero-order valence-electron chi connectivity index (χ0n) is 13.0. The SMILES string of the molecule is O=C(NCCO)c1ccc2ccc(C(=O)c3ccccc3)c-2cc1. The van der Waals surface area contributed by atoms with Crippen molar-refractivity contribution in [2.24, 2.45) is 0 Å². The fourth-order valence-electron chi connectivity index (χ4n) is 2.61. The lowest BCUT2D eigenvalue weighted by Gasteiger charge is -2.01. The number of carbonyl (C=O) groups is 2. The van der Waals surface area contributed by atoms with Gasteiger partial charge in [-0.3, -0.25) is 9.59 Å². The van der Waals surface area contributed by atoms with Crippen molar-refractivity contribution in [2.45, 2.75) is 0 Å². The molecule has 2 aliphatic carbocycles. The third-order valence-electron chi connectivity index (χ3n) is 3.84. The molecular weight excluding hydrogens is 302 g/mol. The lowest BCUT2D eigenvalue weighted by Crippen LogP contribution is -2.25. The number of amides is 1. The van der Waals surface area contributed by atoms with Gasteiger partial charge in [-0.2, -0.15) is 0 Å². The summed E-state index contributed by atoms with van der Waals surface area (Å²) in [6.45, 7) is 0.106. The normalized spacial score (nSPS) is 10.5. The van der Waals surface area contributed by atoms with Crippen molar-refractivity contribution in [2.75, 3.05) is 13.2 Å². The van der Waals surface area contributed by atoms with Crippen LogP contribution in [-0.4, -0.2) is 29.9 Å². The third kappa shape index (κ3) is 3.19. The molecule has 0 atom stereocenters. The van der Waals surface area contributed by atoms with Crippen LogP contribution in [-0.2, 0) is 0 Å². The fourth-order valence-corrected chi connectivity index (χ4v) is 2.61. The minimum absolute atomic E-state index is 0.0388. The van der Waals surface area contributed by atoms with E-state index in [0.717, 1.165) is 11.1 Å². The van der Waals surface area contributed by atoms with Crippen molar-refractivity contribution in [3.63, 3.8) is 0 Å². The van der Waals surface area contributed by atoms with Crippen LogP contribution < -0.4 is 5.32 Å². The van der Waals surface area contributed by atoms with E-state index in [1.165, 1.54) is 0 Å². The molecule has 1 aromatic carbocycles. The molecule has 2 N–H and O–H groups in total. The number of hydrogen-bond acceptors (Lipinski definition) is 3. The molecule has 120 valence electrons. The van der Waals surface area contributed by atoms with Crippen molar-refractivity contribution in [3.8, 4) is 11.1 Å². The molecule has 4 nitrogen and oxygen atoms in total. The number of aliphatic hydroxyl groups excluding tert-OH is 1. The quantitative estimate of drug-likeness (QED) is 0.711. The summed E-state index contributed by atoms with van der Waals surface area (Å²) in [7, 11) is 0. The zero-order chi connectivity index (χ0) is 16.9. The van der Waals surface area contributed by atoms with Crippen LogP contribution in [0.1, 0.15) is 26.3 Å². The monoisotopic (exact) mass is 319 g/mol. The second kappa shape index (κ2) is 7.06. The van der Waals surface area contributed by atoms with Gasteiger partial charge in [0.25, 0.3) is 5.91 Å². The third-order valence-corrected chi connectivity index (χ3v) is 3.84. The largest absolute Gasteiger partial charge is 0.395 e. The van der Waals surface area contributed by atoms with Crippen molar-refractivity contribution in [1.82, 2.24) is 5.32 Å². The highest BCUT2D eigenvalue weighted by Gasteiger charge is 2.17. The van der Waals surface area contributed by atoms with Crippen LogP contribution in [0.15, 0.2) is 66.7 Å². The van der Waals surface area contributed by atoms with E-state index >= 15 is 0 Å². The van der Waals surface area contributed by atoms with Gasteiger partial charge in [-0.25, -0.2) is 0 Å². The van der Waals surface area contributed by atoms with Gasteiger partial charge in [-0.1, -0.05) is 48.5 Å². The summed E-state index contributed by atoms with van der Waals surface area (Å²) >= 11 is 0. The number of ketones is 1. The second-order valence-corrected chi connectivity index (χ2v) is 5.41. The van der Waals surface area contributed by atoms with Gasteiger partial charge >= 0.3 is 0 Å². The molecule has 0 aliphatic heterocycles. The average molecular weight is 319 g/mol. The molecule has 0 unspecified atom stereocenters. The Bertz CT molecular complexity index is 843. The molecule has 3 rings (SSSR count). The van der Waals surface area contributed by atoms with E-state index in [2.05, 4.69) is 5.32 Å². The molecule has 24 heavy (non-hydrogen) atoms. The van der Waals surface area contributed by atoms with Crippen LogP contribution in [0.5, 0.6) is 0 Å². The van der Waals surface area contributed by atoms with Gasteiger partial charge in [0.1, 0.15) is 0 Å². The Kier molecular flexibility index (Phi) is 4.68. The van der Waals surface area contributed by atoms with Gasteiger partial charge < -0.3 is 10.4 Å². The number of hydrogen-bond donors (Lipinski definition) is 2. The first-order chi connectivity index (χ1) is 11.7. The highest BCUT2D eigenvalue weighted by molar-refractivity contribution is 6.13. The predicted molar refractivity (Wildman–Crippen MR) is 92.4 cm³/mol. The first-order valence-electron chi connectivity index (χ1n) is 7.72. The van der Waals surface area contributed by atoms with E-state index in [-0.39, 0.29) is 24.8 Å². The summed E-state index contributed by atoms with van der Waals surface area (Å²) in [6.07, 6.45) is 0. The van der Waals surface area contributed by atoms with Gasteiger partial charge in [0, 0.05) is 23.2 Å². The molecular formula is C20H17NO3. The van der Waals surface area contributed by atoms with Crippen LogP contribution in [0, 0.1) is 0 Å². The van der Waals surface area contributed by atoms with Crippen LogP contribution in [0.4, 0.5) is 0 Å². The van der Waals surface area contributed by atoms with Gasteiger partial charge in [-0.15, -0.1) is 0 Å². The predicted octanol–water partition coefficient (Wildman–Crippen LogP) is 2.74. The Hall–Kier alpha value is -2.98. The van der Waals surface area contributed by atoms with Gasteiger partial charge in [-0.05, 0) is 29.3 Å². The van der Waals surface area contributed by atoms with Crippen LogP contribution in [0.3, 0.4) is 0 Å². The average Bonchev–Trinajstić information content (AvgIpc) is 2.91. The molecule has 0 bridgehead atoms. The maximum absolute atomic E-state index is 12.7. The van der Waals surface area contributed by atoms with Gasteiger partial charge in [0.2, 0.25) is 0 Å². The fraction of sp³-hybridized carbons (Fsp3) is 0.100. The maximum atomic E-state index is 12.7. The summed E-state index contributed by atoms with van der Waals surface area (Å²) in [5.41, 5.74) is 3.45. The topological polar surface area (TPSA) is 66.4 Å². The molecule has 1 aromatic rings. The van der Waals surface area contributed by atoms with Crippen molar-refractivity contribution in [3.05, 3.63) is 83.4 Å². The summed E-state index contributed by atoms with van der Waals surface area (Å²) in [6, 6.07) is 19.8. The highest BCUT2D eigenvalue weighted by atomic mass is 16.3. The molecule has 2 aliphatic rings. The smallest absolute Gasteiger partial charge is 0.251 e. The van der Waals surface area contributed by atoms with Crippen molar-refractivity contribution in [1.29, 1.82) is 0 Å². The molecule has 0 saturated carbocycles. The Balaban J connectivity index is 1.95. The maximum Gasteiger partial charge on any atom is 0.251 e. The van der Waals surface area contributed by atoms with E-state index in [1.807, 2.05) is 36.4 Å². The Morgan fingerprint density at radius 1 is 0.833 bits per heavy atom. The van der Waals surface area contributed by atoms with Gasteiger partial charge in [0.05, 0.1) is 6.61 Å². The molecule has 0 heterocycles. The molecule has 0 radical (unpaired) electrons. The van der Waals surface area contributed by atoms with E-state index in [4.69, 9.17) is 5.11 Å². The molecule has 1 amide bonds. The van der Waals surface area contributed by atoms with E-state index in [1.54, 1.807) is 30.3 Å².